The fourth-order valence-electron chi connectivity index (χ4n) is 2.79. The van der Waals surface area contributed by atoms with E-state index in [1.165, 1.54) is 0 Å². The fraction of sp³-hybridized carbons (Fsp3) is 0.188. The van der Waals surface area contributed by atoms with E-state index in [4.69, 9.17) is 0 Å². The molecule has 7 heteroatoms. The average Bonchev–Trinajstić information content (AvgIpc) is 2.96. The van der Waals surface area contributed by atoms with E-state index < -0.39 is 5.97 Å². The first-order valence-corrected chi connectivity index (χ1v) is 7.15. The summed E-state index contributed by atoms with van der Waals surface area (Å²) < 4.78 is 0. The lowest BCUT2D eigenvalue weighted by molar-refractivity contribution is 0.0690. The topological polar surface area (TPSA) is 115 Å². The van der Waals surface area contributed by atoms with E-state index in [1.807, 2.05) is 6.92 Å². The minimum absolute atomic E-state index is 0.144. The third-order valence-corrected chi connectivity index (χ3v) is 3.92. The zero-order valence-corrected chi connectivity index (χ0v) is 12.8. The molecule has 4 N–H and O–H groups in total. The van der Waals surface area contributed by atoms with Crippen LogP contribution in [0.2, 0.25) is 0 Å². The second-order valence-corrected chi connectivity index (χ2v) is 5.30. The summed E-state index contributed by atoms with van der Waals surface area (Å²) in [5.41, 5.74) is 3.13. The van der Waals surface area contributed by atoms with E-state index in [-0.39, 0.29) is 11.3 Å². The van der Waals surface area contributed by atoms with Gasteiger partial charge in [0.05, 0.1) is 5.22 Å². The van der Waals surface area contributed by atoms with Crippen LogP contribution in [0.4, 0.5) is 0 Å². The van der Waals surface area contributed by atoms with Gasteiger partial charge in [0, 0.05) is 17.5 Å². The van der Waals surface area contributed by atoms with E-state index in [1.54, 1.807) is 19.2 Å². The van der Waals surface area contributed by atoms with Crippen molar-refractivity contribution in [2.75, 3.05) is 0 Å². The molecule has 0 amide bonds. The summed E-state index contributed by atoms with van der Waals surface area (Å²) in [6.07, 6.45) is 3.98. The number of hydrogen-bond acceptors (Lipinski definition) is 3. The predicted molar refractivity (Wildman–Crippen MR) is 86.0 cm³/mol. The first-order chi connectivity index (χ1) is 10.9. The summed E-state index contributed by atoms with van der Waals surface area (Å²) in [6.45, 7) is 7.38. The molecule has 3 heterocycles. The molecule has 7 nitrogen and oxygen atoms in total. The van der Waals surface area contributed by atoms with Crippen LogP contribution in [0.15, 0.2) is 11.0 Å². The first-order valence-electron chi connectivity index (χ1n) is 7.15. The molecule has 2 aliphatic rings. The number of aromatic amines is 3. The molecule has 1 aromatic heterocycles. The van der Waals surface area contributed by atoms with Crippen molar-refractivity contribution in [3.63, 3.8) is 0 Å². The number of rotatable bonds is 3. The third-order valence-electron chi connectivity index (χ3n) is 3.92. The monoisotopic (exact) mass is 312 g/mol. The van der Waals surface area contributed by atoms with Crippen molar-refractivity contribution in [3.05, 3.63) is 49.8 Å². The summed E-state index contributed by atoms with van der Waals surface area (Å²) in [6, 6.07) is 0. The molecule has 0 saturated carbocycles. The quantitative estimate of drug-likeness (QED) is 0.558. The number of carbonyl (C=O) groups is 1. The minimum atomic E-state index is -1.02. The van der Waals surface area contributed by atoms with Crippen molar-refractivity contribution in [3.8, 4) is 11.4 Å². The van der Waals surface area contributed by atoms with Crippen LogP contribution < -0.4 is 16.3 Å². The Balaban J connectivity index is 2.30. The van der Waals surface area contributed by atoms with E-state index in [2.05, 4.69) is 26.5 Å². The largest absolute Gasteiger partial charge is 0.477 e. The van der Waals surface area contributed by atoms with E-state index in [0.717, 1.165) is 5.56 Å². The van der Waals surface area contributed by atoms with Crippen LogP contribution in [-0.4, -0.2) is 31.0 Å². The molecule has 2 aliphatic heterocycles. The van der Waals surface area contributed by atoms with Gasteiger partial charge in [-0.3, -0.25) is 4.79 Å². The molecule has 0 saturated heterocycles. The summed E-state index contributed by atoms with van der Waals surface area (Å²) in [4.78, 5) is 36.1. The van der Waals surface area contributed by atoms with Gasteiger partial charge in [-0.15, -0.1) is 0 Å². The lowest BCUT2D eigenvalue weighted by atomic mass is 10.1. The minimum Gasteiger partial charge on any atom is -0.477 e. The Morgan fingerprint density at radius 2 is 2.17 bits per heavy atom. The van der Waals surface area contributed by atoms with Gasteiger partial charge in [0.1, 0.15) is 17.0 Å². The van der Waals surface area contributed by atoms with Gasteiger partial charge in [-0.05, 0) is 30.5 Å². The van der Waals surface area contributed by atoms with Crippen LogP contribution in [0.1, 0.15) is 34.2 Å². The highest BCUT2D eigenvalue weighted by atomic mass is 16.4. The van der Waals surface area contributed by atoms with Crippen LogP contribution in [0, 0.1) is 6.92 Å². The van der Waals surface area contributed by atoms with E-state index >= 15 is 0 Å². The number of aromatic nitrogens is 4. The lowest BCUT2D eigenvalue weighted by Gasteiger charge is -1.98. The number of carboxylic acid groups (broad SMARTS) is 1. The molecule has 0 atom stereocenters. The number of fused-ring (bicyclic) bond motifs is 1. The average molecular weight is 312 g/mol. The van der Waals surface area contributed by atoms with Crippen LogP contribution in [0.3, 0.4) is 0 Å². The number of hydrogen-bond donors (Lipinski definition) is 4. The standard InChI is InChI=1S/C16H16N4O3/c1-4-9-7(2)13(16(22)23)19-12(9)5-10-11-6-17-8(3)18-14(11)20-15(10)21/h5-6,17,19H,3-4H2,1-2H3,(H,22,23)(H,18,20,21). The smallest absolute Gasteiger partial charge is 0.352 e. The Morgan fingerprint density at radius 3 is 2.83 bits per heavy atom. The summed E-state index contributed by atoms with van der Waals surface area (Å²) in [5, 5.41) is 9.67. The number of aromatic carboxylic acids is 1. The van der Waals surface area contributed by atoms with Gasteiger partial charge in [-0.25, -0.2) is 9.78 Å². The first kappa shape index (κ1) is 14.8. The zero-order chi connectivity index (χ0) is 16.7. The van der Waals surface area contributed by atoms with E-state index in [9.17, 15) is 14.7 Å². The third kappa shape index (κ3) is 2.36. The summed E-state index contributed by atoms with van der Waals surface area (Å²) in [7, 11) is 0. The highest BCUT2D eigenvalue weighted by molar-refractivity contribution is 5.88. The molecule has 0 bridgehead atoms. The van der Waals surface area contributed by atoms with Crippen molar-refractivity contribution in [2.45, 2.75) is 20.3 Å². The molecule has 0 spiro atoms. The maximum absolute atomic E-state index is 12.2. The molecule has 0 unspecified atom stereocenters. The van der Waals surface area contributed by atoms with Gasteiger partial charge < -0.3 is 20.1 Å². The number of nitrogens with zero attached hydrogens (tertiary/aromatic N) is 1. The molecule has 0 aliphatic carbocycles. The second kappa shape index (κ2) is 5.28. The molecule has 118 valence electrons. The molecular formula is C16H16N4O3. The number of carboxylic acids is 1. The van der Waals surface area contributed by atoms with Gasteiger partial charge in [0.15, 0.2) is 0 Å². The Kier molecular flexibility index (Phi) is 3.40. The van der Waals surface area contributed by atoms with Gasteiger partial charge in [0.25, 0.3) is 5.56 Å². The van der Waals surface area contributed by atoms with Crippen molar-refractivity contribution < 1.29 is 9.90 Å². The SMILES string of the molecule is C=c1nc2[nH]c(=O)c(=Cc3[nH]c(C(=O)O)c(C)c3CC)c-2c[nH]1. The van der Waals surface area contributed by atoms with Crippen molar-refractivity contribution >= 4 is 18.6 Å². The Morgan fingerprint density at radius 1 is 1.43 bits per heavy atom. The highest BCUT2D eigenvalue weighted by Gasteiger charge is 2.17. The lowest BCUT2D eigenvalue weighted by Crippen LogP contribution is -2.22. The molecule has 0 aromatic carbocycles. The molecule has 23 heavy (non-hydrogen) atoms. The summed E-state index contributed by atoms with van der Waals surface area (Å²) >= 11 is 0. The maximum atomic E-state index is 12.2. The van der Waals surface area contributed by atoms with Crippen LogP contribution >= 0.6 is 0 Å². The Hall–Kier alpha value is -3.09. The maximum Gasteiger partial charge on any atom is 0.352 e. The van der Waals surface area contributed by atoms with Crippen molar-refractivity contribution in [1.82, 2.24) is 19.9 Å². The molecule has 1 aromatic rings. The van der Waals surface area contributed by atoms with Gasteiger partial charge in [0.2, 0.25) is 0 Å². The summed E-state index contributed by atoms with van der Waals surface area (Å²) in [5.74, 6) is -0.570. The van der Waals surface area contributed by atoms with Gasteiger partial charge in [-0.2, -0.15) is 0 Å². The highest BCUT2D eigenvalue weighted by Crippen LogP contribution is 2.20. The second-order valence-electron chi connectivity index (χ2n) is 5.30. The molecular weight excluding hydrogens is 296 g/mol. The van der Waals surface area contributed by atoms with E-state index in [0.29, 0.717) is 39.8 Å². The van der Waals surface area contributed by atoms with Gasteiger partial charge >= 0.3 is 5.97 Å². The van der Waals surface area contributed by atoms with Crippen molar-refractivity contribution in [1.29, 1.82) is 0 Å². The van der Waals surface area contributed by atoms with Crippen LogP contribution in [0.25, 0.3) is 24.0 Å². The van der Waals surface area contributed by atoms with Crippen LogP contribution in [0.5, 0.6) is 0 Å². The molecule has 0 fully saturated rings. The fourth-order valence-corrected chi connectivity index (χ4v) is 2.79. The molecule has 0 radical (unpaired) electrons. The Bertz CT molecular complexity index is 1040. The zero-order valence-electron chi connectivity index (χ0n) is 12.8. The normalized spacial score (nSPS) is 12.2. The predicted octanol–water partition coefficient (Wildman–Crippen LogP) is 0.339. The number of nitrogens with one attached hydrogen (secondary N) is 3. The van der Waals surface area contributed by atoms with Crippen LogP contribution in [-0.2, 0) is 6.42 Å². The van der Waals surface area contributed by atoms with Crippen molar-refractivity contribution in [2.24, 2.45) is 0 Å². The van der Waals surface area contributed by atoms with Gasteiger partial charge in [-0.1, -0.05) is 13.5 Å². The Labute approximate surface area is 130 Å². The molecule has 3 rings (SSSR count). The number of H-pyrrole nitrogens is 3.